The molecule has 19 heavy (non-hydrogen) atoms. The van der Waals surface area contributed by atoms with E-state index in [-0.39, 0.29) is 23.7 Å². The Kier molecular flexibility index (Phi) is 3.74. The topological polar surface area (TPSA) is 86.0 Å². The molecule has 2 aromatic rings. The van der Waals surface area contributed by atoms with E-state index in [9.17, 15) is 4.39 Å². The van der Waals surface area contributed by atoms with Gasteiger partial charge in [-0.2, -0.15) is 15.0 Å². The first-order chi connectivity index (χ1) is 9.08. The van der Waals surface area contributed by atoms with Gasteiger partial charge in [-0.25, -0.2) is 4.39 Å². The lowest BCUT2D eigenvalue weighted by Crippen LogP contribution is -2.06. The van der Waals surface area contributed by atoms with Gasteiger partial charge in [-0.3, -0.25) is 0 Å². The molecule has 0 spiro atoms. The molecule has 2 rings (SSSR count). The first kappa shape index (κ1) is 13.0. The van der Waals surface area contributed by atoms with E-state index in [1.807, 2.05) is 6.92 Å². The largest absolute Gasteiger partial charge is 0.464 e. The normalized spacial score (nSPS) is 10.3. The SMILES string of the molecule is CCOc1nc(N)nc(Nc2ccc(F)c(C)c2)n1. The van der Waals surface area contributed by atoms with Gasteiger partial charge in [-0.05, 0) is 37.6 Å². The average molecular weight is 263 g/mol. The highest BCUT2D eigenvalue weighted by molar-refractivity contribution is 5.55. The second-order valence-electron chi connectivity index (χ2n) is 3.82. The Morgan fingerprint density at radius 3 is 2.79 bits per heavy atom. The van der Waals surface area contributed by atoms with Gasteiger partial charge in [0.25, 0.3) is 0 Å². The molecule has 0 atom stereocenters. The van der Waals surface area contributed by atoms with Crippen molar-refractivity contribution < 1.29 is 9.13 Å². The number of nitrogens with zero attached hydrogens (tertiary/aromatic N) is 3. The van der Waals surface area contributed by atoms with Gasteiger partial charge in [0.05, 0.1) is 6.61 Å². The minimum Gasteiger partial charge on any atom is -0.464 e. The highest BCUT2D eigenvalue weighted by atomic mass is 19.1. The zero-order chi connectivity index (χ0) is 13.8. The number of anilines is 3. The van der Waals surface area contributed by atoms with Crippen LogP contribution in [0.2, 0.25) is 0 Å². The summed E-state index contributed by atoms with van der Waals surface area (Å²) >= 11 is 0. The van der Waals surface area contributed by atoms with E-state index in [2.05, 4.69) is 20.3 Å². The van der Waals surface area contributed by atoms with Crippen molar-refractivity contribution in [2.75, 3.05) is 17.7 Å². The molecule has 3 N–H and O–H groups in total. The number of benzene rings is 1. The number of ether oxygens (including phenoxy) is 1. The number of rotatable bonds is 4. The summed E-state index contributed by atoms with van der Waals surface area (Å²) in [6, 6.07) is 4.75. The molecule has 0 aliphatic carbocycles. The third-order valence-electron chi connectivity index (χ3n) is 2.32. The van der Waals surface area contributed by atoms with Crippen molar-refractivity contribution >= 4 is 17.6 Å². The smallest absolute Gasteiger partial charge is 0.323 e. The second-order valence-corrected chi connectivity index (χ2v) is 3.82. The van der Waals surface area contributed by atoms with Crippen molar-refractivity contribution in [3.05, 3.63) is 29.6 Å². The Labute approximate surface area is 109 Å². The molecule has 7 heteroatoms. The van der Waals surface area contributed by atoms with Crippen LogP contribution < -0.4 is 15.8 Å². The van der Waals surface area contributed by atoms with E-state index in [0.717, 1.165) is 0 Å². The van der Waals surface area contributed by atoms with Crippen molar-refractivity contribution in [1.29, 1.82) is 0 Å². The van der Waals surface area contributed by atoms with Crippen LogP contribution in [0.3, 0.4) is 0 Å². The fraction of sp³-hybridized carbons (Fsp3) is 0.250. The molecule has 0 fully saturated rings. The highest BCUT2D eigenvalue weighted by Gasteiger charge is 2.06. The molecule has 6 nitrogen and oxygen atoms in total. The van der Waals surface area contributed by atoms with Crippen LogP contribution in [0.4, 0.5) is 22.0 Å². The first-order valence-corrected chi connectivity index (χ1v) is 5.76. The van der Waals surface area contributed by atoms with Crippen LogP contribution in [-0.4, -0.2) is 21.6 Å². The van der Waals surface area contributed by atoms with Crippen LogP contribution in [0, 0.1) is 12.7 Å². The lowest BCUT2D eigenvalue weighted by atomic mass is 10.2. The number of nitrogen functional groups attached to an aromatic ring is 1. The summed E-state index contributed by atoms with van der Waals surface area (Å²) in [6.45, 7) is 3.92. The quantitative estimate of drug-likeness (QED) is 0.878. The molecule has 1 aromatic heterocycles. The van der Waals surface area contributed by atoms with E-state index in [4.69, 9.17) is 10.5 Å². The Morgan fingerprint density at radius 2 is 2.11 bits per heavy atom. The van der Waals surface area contributed by atoms with Crippen LogP contribution in [0.15, 0.2) is 18.2 Å². The van der Waals surface area contributed by atoms with Crippen LogP contribution in [-0.2, 0) is 0 Å². The van der Waals surface area contributed by atoms with Gasteiger partial charge in [-0.1, -0.05) is 0 Å². The number of halogens is 1. The maximum atomic E-state index is 13.2. The zero-order valence-corrected chi connectivity index (χ0v) is 10.6. The molecule has 0 bridgehead atoms. The predicted molar refractivity (Wildman–Crippen MR) is 69.8 cm³/mol. The second kappa shape index (κ2) is 5.47. The Bertz CT molecular complexity index is 590. The molecule has 0 aliphatic heterocycles. The summed E-state index contributed by atoms with van der Waals surface area (Å²) in [7, 11) is 0. The van der Waals surface area contributed by atoms with Crippen LogP contribution in [0.1, 0.15) is 12.5 Å². The molecule has 0 unspecified atom stereocenters. The zero-order valence-electron chi connectivity index (χ0n) is 10.6. The minimum atomic E-state index is -0.268. The fourth-order valence-electron chi connectivity index (χ4n) is 1.47. The van der Waals surface area contributed by atoms with E-state index >= 15 is 0 Å². The average Bonchev–Trinajstić information content (AvgIpc) is 2.33. The molecule has 1 heterocycles. The van der Waals surface area contributed by atoms with E-state index in [1.54, 1.807) is 19.1 Å². The van der Waals surface area contributed by atoms with Crippen molar-refractivity contribution in [3.8, 4) is 6.01 Å². The van der Waals surface area contributed by atoms with Crippen LogP contribution in [0.5, 0.6) is 6.01 Å². The number of aryl methyl sites for hydroxylation is 1. The first-order valence-electron chi connectivity index (χ1n) is 5.76. The Hall–Kier alpha value is -2.44. The van der Waals surface area contributed by atoms with Crippen LogP contribution >= 0.6 is 0 Å². The fourth-order valence-corrected chi connectivity index (χ4v) is 1.47. The summed E-state index contributed by atoms with van der Waals surface area (Å²) in [5.41, 5.74) is 6.74. The monoisotopic (exact) mass is 263 g/mol. The molecule has 0 amide bonds. The highest BCUT2D eigenvalue weighted by Crippen LogP contribution is 2.18. The van der Waals surface area contributed by atoms with Crippen molar-refractivity contribution in [1.82, 2.24) is 15.0 Å². The van der Waals surface area contributed by atoms with Crippen molar-refractivity contribution in [2.45, 2.75) is 13.8 Å². The number of hydrogen-bond acceptors (Lipinski definition) is 6. The number of nitrogens with one attached hydrogen (secondary N) is 1. The third kappa shape index (κ3) is 3.27. The molecule has 0 saturated heterocycles. The van der Waals surface area contributed by atoms with Gasteiger partial charge in [0.2, 0.25) is 11.9 Å². The lowest BCUT2D eigenvalue weighted by Gasteiger charge is -2.08. The molecule has 0 saturated carbocycles. The third-order valence-corrected chi connectivity index (χ3v) is 2.32. The van der Waals surface area contributed by atoms with Gasteiger partial charge < -0.3 is 15.8 Å². The number of hydrogen-bond donors (Lipinski definition) is 2. The molecular formula is C12H14FN5O. The van der Waals surface area contributed by atoms with Crippen molar-refractivity contribution in [3.63, 3.8) is 0 Å². The van der Waals surface area contributed by atoms with Gasteiger partial charge in [0, 0.05) is 5.69 Å². The number of nitrogens with two attached hydrogens (primary N) is 1. The maximum absolute atomic E-state index is 13.2. The van der Waals surface area contributed by atoms with E-state index in [1.165, 1.54) is 6.07 Å². The van der Waals surface area contributed by atoms with Crippen LogP contribution in [0.25, 0.3) is 0 Å². The van der Waals surface area contributed by atoms with Gasteiger partial charge in [-0.15, -0.1) is 0 Å². The summed E-state index contributed by atoms with van der Waals surface area (Å²) in [5.74, 6) is 0.0393. The van der Waals surface area contributed by atoms with Gasteiger partial charge in [0.1, 0.15) is 5.82 Å². The molecule has 1 aromatic carbocycles. The molecule has 100 valence electrons. The van der Waals surface area contributed by atoms with Gasteiger partial charge >= 0.3 is 6.01 Å². The maximum Gasteiger partial charge on any atom is 0.323 e. The van der Waals surface area contributed by atoms with Crippen molar-refractivity contribution in [2.24, 2.45) is 0 Å². The van der Waals surface area contributed by atoms with E-state index < -0.39 is 0 Å². The van der Waals surface area contributed by atoms with Gasteiger partial charge in [0.15, 0.2) is 0 Å². The summed E-state index contributed by atoms with van der Waals surface area (Å²) in [4.78, 5) is 11.8. The minimum absolute atomic E-state index is 0.0554. The Morgan fingerprint density at radius 1 is 1.32 bits per heavy atom. The Balaban J connectivity index is 2.24. The summed E-state index contributed by atoms with van der Waals surface area (Å²) < 4.78 is 18.3. The molecule has 0 radical (unpaired) electrons. The number of aromatic nitrogens is 3. The summed E-state index contributed by atoms with van der Waals surface area (Å²) in [5, 5.41) is 2.92. The molecule has 0 aliphatic rings. The predicted octanol–water partition coefficient (Wildman–Crippen LogP) is 2.04. The van der Waals surface area contributed by atoms with E-state index in [0.29, 0.717) is 17.9 Å². The summed E-state index contributed by atoms with van der Waals surface area (Å²) in [6.07, 6.45) is 0. The lowest BCUT2D eigenvalue weighted by molar-refractivity contribution is 0.312. The standard InChI is InChI=1S/C12H14FN5O/c1-3-19-12-17-10(14)16-11(18-12)15-8-4-5-9(13)7(2)6-8/h4-6H,3H2,1-2H3,(H3,14,15,16,17,18). The molecular weight excluding hydrogens is 249 g/mol.